The SMILES string of the molecule is CC1(C)OC2C(O1)[C@@H](CO[Si](C)(C)C(C)(C)C)O[C@H]2n1ncc2c(=O)[nH]c(N)nc21. The molecular weight excluding hydrogens is 406 g/mol. The Kier molecular flexibility index (Phi) is 4.90. The molecule has 2 aromatic heterocycles. The molecule has 2 unspecified atom stereocenters. The molecule has 0 aromatic carbocycles. The molecule has 3 N–H and O–H groups in total. The minimum Gasteiger partial charge on any atom is -0.414 e. The number of hydrogen-bond acceptors (Lipinski definition) is 8. The zero-order valence-electron chi connectivity index (χ0n) is 18.6. The summed E-state index contributed by atoms with van der Waals surface area (Å²) in [5.74, 6) is -0.745. The summed E-state index contributed by atoms with van der Waals surface area (Å²) < 4.78 is 26.6. The Morgan fingerprint density at radius 1 is 1.30 bits per heavy atom. The highest BCUT2D eigenvalue weighted by Crippen LogP contribution is 2.44. The fourth-order valence-corrected chi connectivity index (χ4v) is 4.65. The van der Waals surface area contributed by atoms with Crippen LogP contribution in [-0.2, 0) is 18.6 Å². The average molecular weight is 438 g/mol. The van der Waals surface area contributed by atoms with Crippen LogP contribution < -0.4 is 11.3 Å². The van der Waals surface area contributed by atoms with E-state index < -0.39 is 26.4 Å². The van der Waals surface area contributed by atoms with E-state index in [1.807, 2.05) is 13.8 Å². The Bertz CT molecular complexity index is 1010. The Hall–Kier alpha value is -1.79. The van der Waals surface area contributed by atoms with Crippen LogP contribution in [0.2, 0.25) is 18.1 Å². The van der Waals surface area contributed by atoms with Gasteiger partial charge in [-0.15, -0.1) is 0 Å². The second-order valence-electron chi connectivity index (χ2n) is 9.98. The molecule has 4 heterocycles. The third-order valence-electron chi connectivity index (χ3n) is 6.26. The van der Waals surface area contributed by atoms with E-state index in [9.17, 15) is 4.79 Å². The third-order valence-corrected chi connectivity index (χ3v) is 10.8. The van der Waals surface area contributed by atoms with Gasteiger partial charge in [0, 0.05) is 0 Å². The number of aromatic nitrogens is 4. The first-order valence-corrected chi connectivity index (χ1v) is 13.1. The molecule has 2 saturated heterocycles. The molecule has 0 spiro atoms. The second-order valence-corrected chi connectivity index (χ2v) is 14.8. The smallest absolute Gasteiger partial charge is 0.263 e. The van der Waals surface area contributed by atoms with Crippen molar-refractivity contribution in [2.45, 2.75) is 83.1 Å². The first-order chi connectivity index (χ1) is 13.8. The van der Waals surface area contributed by atoms with E-state index in [-0.39, 0.29) is 28.8 Å². The number of nitrogens with zero attached hydrogens (tertiary/aromatic N) is 3. The van der Waals surface area contributed by atoms with Crippen molar-refractivity contribution in [2.24, 2.45) is 0 Å². The standard InChI is InChI=1S/C19H31N5O5Si/c1-18(2,3)30(6,7)26-9-11-12-13(29-19(4,5)28-12)16(27-11)24-14-10(8-21-24)15(25)23-17(20)22-14/h8,11-13,16H,9H2,1-7H3,(H3,20,22,23,25)/t11-,12?,13?,16-/m1/s1. The molecule has 11 heteroatoms. The van der Waals surface area contributed by atoms with Gasteiger partial charge in [0.2, 0.25) is 5.95 Å². The van der Waals surface area contributed by atoms with E-state index in [4.69, 9.17) is 24.4 Å². The second kappa shape index (κ2) is 6.86. The average Bonchev–Trinajstić information content (AvgIpc) is 3.23. The van der Waals surface area contributed by atoms with E-state index in [1.54, 1.807) is 4.68 Å². The quantitative estimate of drug-likeness (QED) is 0.697. The van der Waals surface area contributed by atoms with Gasteiger partial charge in [0.1, 0.15) is 23.7 Å². The summed E-state index contributed by atoms with van der Waals surface area (Å²) in [6.07, 6.45) is -0.239. The molecule has 0 saturated carbocycles. The van der Waals surface area contributed by atoms with Crippen molar-refractivity contribution < 1.29 is 18.6 Å². The Balaban J connectivity index is 1.65. The topological polar surface area (TPSA) is 127 Å². The highest BCUT2D eigenvalue weighted by molar-refractivity contribution is 6.74. The molecule has 0 bridgehead atoms. The van der Waals surface area contributed by atoms with E-state index in [0.29, 0.717) is 17.6 Å². The number of nitrogen functional groups attached to an aromatic ring is 1. The van der Waals surface area contributed by atoms with Gasteiger partial charge in [0.15, 0.2) is 26.0 Å². The summed E-state index contributed by atoms with van der Waals surface area (Å²) in [6.45, 7) is 15.1. The Morgan fingerprint density at radius 3 is 2.63 bits per heavy atom. The van der Waals surface area contributed by atoms with Crippen molar-refractivity contribution >= 4 is 25.3 Å². The van der Waals surface area contributed by atoms with Crippen LogP contribution in [0.25, 0.3) is 11.0 Å². The number of nitrogens with two attached hydrogens (primary N) is 1. The van der Waals surface area contributed by atoms with Crippen LogP contribution in [0, 0.1) is 0 Å². The molecule has 0 amide bonds. The summed E-state index contributed by atoms with van der Waals surface area (Å²) in [7, 11) is -1.97. The predicted octanol–water partition coefficient (Wildman–Crippen LogP) is 2.14. The molecule has 2 fully saturated rings. The molecule has 2 aliphatic rings. The van der Waals surface area contributed by atoms with Crippen molar-refractivity contribution in [2.75, 3.05) is 12.3 Å². The number of ether oxygens (including phenoxy) is 3. The molecule has 4 atom stereocenters. The summed E-state index contributed by atoms with van der Waals surface area (Å²) in [5, 5.41) is 4.77. The molecule has 0 radical (unpaired) electrons. The number of aromatic amines is 1. The van der Waals surface area contributed by atoms with Gasteiger partial charge in [0.25, 0.3) is 5.56 Å². The Morgan fingerprint density at radius 2 is 1.97 bits per heavy atom. The van der Waals surface area contributed by atoms with Gasteiger partial charge in [0.05, 0.1) is 12.8 Å². The molecule has 2 aliphatic heterocycles. The third kappa shape index (κ3) is 3.58. The van der Waals surface area contributed by atoms with Crippen LogP contribution in [0.3, 0.4) is 0 Å². The maximum absolute atomic E-state index is 12.2. The predicted molar refractivity (Wildman–Crippen MR) is 113 cm³/mol. The first kappa shape index (κ1) is 21.4. The number of nitrogens with one attached hydrogen (secondary N) is 1. The lowest BCUT2D eigenvalue weighted by Gasteiger charge is -2.37. The van der Waals surface area contributed by atoms with Crippen LogP contribution in [0.5, 0.6) is 0 Å². The van der Waals surface area contributed by atoms with Crippen molar-refractivity contribution in [1.82, 2.24) is 19.7 Å². The number of rotatable bonds is 4. The number of anilines is 1. The zero-order valence-corrected chi connectivity index (χ0v) is 19.6. The maximum atomic E-state index is 12.2. The number of fused-ring (bicyclic) bond motifs is 2. The van der Waals surface area contributed by atoms with Gasteiger partial charge in [-0.1, -0.05) is 20.8 Å². The lowest BCUT2D eigenvalue weighted by molar-refractivity contribution is -0.200. The molecule has 2 aromatic rings. The van der Waals surface area contributed by atoms with Crippen molar-refractivity contribution in [1.29, 1.82) is 0 Å². The summed E-state index contributed by atoms with van der Waals surface area (Å²) >= 11 is 0. The summed E-state index contributed by atoms with van der Waals surface area (Å²) in [6, 6.07) is 0. The minimum atomic E-state index is -1.97. The summed E-state index contributed by atoms with van der Waals surface area (Å²) in [4.78, 5) is 18.9. The van der Waals surface area contributed by atoms with E-state index in [0.717, 1.165) is 0 Å². The monoisotopic (exact) mass is 437 g/mol. The lowest BCUT2D eigenvalue weighted by Crippen LogP contribution is -2.44. The minimum absolute atomic E-state index is 0.0190. The Labute approximate surface area is 176 Å². The maximum Gasteiger partial charge on any atom is 0.263 e. The molecule has 4 rings (SSSR count). The lowest BCUT2D eigenvalue weighted by atomic mass is 10.1. The van der Waals surface area contributed by atoms with Crippen LogP contribution in [0.4, 0.5) is 5.95 Å². The molecule has 10 nitrogen and oxygen atoms in total. The van der Waals surface area contributed by atoms with Crippen molar-refractivity contribution in [3.63, 3.8) is 0 Å². The van der Waals surface area contributed by atoms with Gasteiger partial charge in [-0.3, -0.25) is 9.78 Å². The van der Waals surface area contributed by atoms with Gasteiger partial charge in [-0.05, 0) is 32.0 Å². The van der Waals surface area contributed by atoms with Crippen LogP contribution in [0.1, 0.15) is 40.8 Å². The van der Waals surface area contributed by atoms with E-state index in [1.165, 1.54) is 6.20 Å². The van der Waals surface area contributed by atoms with Crippen LogP contribution >= 0.6 is 0 Å². The highest BCUT2D eigenvalue weighted by Gasteiger charge is 2.57. The van der Waals surface area contributed by atoms with Crippen molar-refractivity contribution in [3.8, 4) is 0 Å². The van der Waals surface area contributed by atoms with E-state index in [2.05, 4.69) is 48.9 Å². The largest absolute Gasteiger partial charge is 0.414 e. The fraction of sp³-hybridized carbons (Fsp3) is 0.737. The van der Waals surface area contributed by atoms with Gasteiger partial charge in [-0.25, -0.2) is 4.68 Å². The molecule has 30 heavy (non-hydrogen) atoms. The molecule has 0 aliphatic carbocycles. The normalized spacial score (nSPS) is 28.9. The van der Waals surface area contributed by atoms with Gasteiger partial charge >= 0.3 is 0 Å². The zero-order chi connectivity index (χ0) is 22.1. The van der Waals surface area contributed by atoms with Crippen LogP contribution in [0.15, 0.2) is 11.0 Å². The summed E-state index contributed by atoms with van der Waals surface area (Å²) in [5.41, 5.74) is 5.74. The van der Waals surface area contributed by atoms with E-state index >= 15 is 0 Å². The van der Waals surface area contributed by atoms with Gasteiger partial charge < -0.3 is 24.4 Å². The molecule has 166 valence electrons. The highest BCUT2D eigenvalue weighted by atomic mass is 28.4. The fourth-order valence-electron chi connectivity index (χ4n) is 3.64. The number of hydrogen-bond donors (Lipinski definition) is 2. The number of H-pyrrole nitrogens is 1. The van der Waals surface area contributed by atoms with Crippen molar-refractivity contribution in [3.05, 3.63) is 16.6 Å². The first-order valence-electron chi connectivity index (χ1n) is 10.2. The van der Waals surface area contributed by atoms with Gasteiger partial charge in [-0.2, -0.15) is 10.1 Å². The molecular formula is C19H31N5O5Si. The van der Waals surface area contributed by atoms with Crippen LogP contribution in [-0.4, -0.2) is 58.8 Å².